The molecule has 4 atom stereocenters. The normalized spacial score (nSPS) is 24.6. The number of fused-ring (bicyclic) bond motifs is 5. The number of aliphatic imine (C=N–C) groups is 2. The molecule has 1 unspecified atom stereocenters. The number of aromatic nitrogens is 2. The average molecular weight is 548 g/mol. The number of para-hydroxylation sites is 1. The van der Waals surface area contributed by atoms with Crippen LogP contribution >= 0.6 is 0 Å². The molecule has 2 fully saturated rings. The monoisotopic (exact) mass is 547 g/mol. The van der Waals surface area contributed by atoms with E-state index in [1.165, 1.54) is 0 Å². The number of ether oxygens (including phenoxy) is 1. The summed E-state index contributed by atoms with van der Waals surface area (Å²) in [6.45, 7) is 4.02. The molecule has 0 amide bonds. The zero-order chi connectivity index (χ0) is 28.0. The SMILES string of the molecule is C=NC(=N/C=C(\C)c1ccc2nc3n(c2c1)[C@@H](c1ccccc1OC(F)F)CC3)N1C[C@H]2CC[C@@H](C1)C2C(=O)O. The highest BCUT2D eigenvalue weighted by Crippen LogP contribution is 2.42. The molecule has 1 saturated heterocycles. The van der Waals surface area contributed by atoms with Crippen molar-refractivity contribution in [2.75, 3.05) is 13.1 Å². The number of aliphatic carboxylic acids is 1. The van der Waals surface area contributed by atoms with E-state index in [1.807, 2.05) is 31.2 Å². The molecule has 3 aromatic rings. The van der Waals surface area contributed by atoms with Gasteiger partial charge < -0.3 is 19.3 Å². The van der Waals surface area contributed by atoms with Crippen molar-refractivity contribution < 1.29 is 23.4 Å². The first kappa shape index (κ1) is 26.2. The number of carbonyl (C=O) groups is 1. The highest BCUT2D eigenvalue weighted by atomic mass is 19.3. The molecule has 3 heterocycles. The van der Waals surface area contributed by atoms with Gasteiger partial charge in [0.15, 0.2) is 0 Å². The predicted octanol–water partition coefficient (Wildman–Crippen LogP) is 5.63. The Morgan fingerprint density at radius 1 is 1.18 bits per heavy atom. The number of hydrogen-bond acceptors (Lipinski definition) is 4. The number of benzene rings is 2. The predicted molar refractivity (Wildman–Crippen MR) is 149 cm³/mol. The minimum absolute atomic E-state index is 0.101. The van der Waals surface area contributed by atoms with Crippen molar-refractivity contribution in [3.05, 3.63) is 65.6 Å². The van der Waals surface area contributed by atoms with E-state index in [0.717, 1.165) is 53.7 Å². The second-order valence-corrected chi connectivity index (χ2v) is 10.8. The first-order valence-corrected chi connectivity index (χ1v) is 13.6. The number of imidazole rings is 1. The number of carboxylic acid groups (broad SMARTS) is 1. The van der Waals surface area contributed by atoms with E-state index in [2.05, 4.69) is 32.2 Å². The topological polar surface area (TPSA) is 92.3 Å². The molecule has 2 bridgehead atoms. The van der Waals surface area contributed by atoms with E-state index >= 15 is 0 Å². The minimum atomic E-state index is -2.89. The van der Waals surface area contributed by atoms with Crippen LogP contribution in [-0.2, 0) is 11.2 Å². The zero-order valence-corrected chi connectivity index (χ0v) is 22.2. The number of piperidine rings is 1. The maximum atomic E-state index is 13.1. The lowest BCUT2D eigenvalue weighted by Gasteiger charge is -2.36. The number of nitrogens with zero attached hydrogens (tertiary/aromatic N) is 5. The largest absolute Gasteiger partial charge is 0.481 e. The molecule has 208 valence electrons. The summed E-state index contributed by atoms with van der Waals surface area (Å²) in [6, 6.07) is 12.8. The van der Waals surface area contributed by atoms with Gasteiger partial charge in [0.2, 0.25) is 5.96 Å². The van der Waals surface area contributed by atoms with Crippen molar-refractivity contribution in [2.45, 2.75) is 45.3 Å². The number of carboxylic acids is 1. The van der Waals surface area contributed by atoms with Crippen LogP contribution in [0.15, 0.2) is 58.6 Å². The quantitative estimate of drug-likeness (QED) is 0.319. The first-order chi connectivity index (χ1) is 19.3. The Morgan fingerprint density at radius 3 is 2.62 bits per heavy atom. The number of hydrogen-bond donors (Lipinski definition) is 1. The average Bonchev–Trinajstić information content (AvgIpc) is 3.58. The fraction of sp³-hybridized carbons (Fsp3) is 0.400. The first-order valence-electron chi connectivity index (χ1n) is 13.6. The van der Waals surface area contributed by atoms with Gasteiger partial charge in [0.1, 0.15) is 11.6 Å². The smallest absolute Gasteiger partial charge is 0.387 e. The second kappa shape index (κ2) is 10.5. The van der Waals surface area contributed by atoms with Gasteiger partial charge >= 0.3 is 12.6 Å². The molecular weight excluding hydrogens is 516 g/mol. The fourth-order valence-electron chi connectivity index (χ4n) is 6.80. The summed E-state index contributed by atoms with van der Waals surface area (Å²) in [5.74, 6) is 0.809. The number of guanidine groups is 1. The summed E-state index contributed by atoms with van der Waals surface area (Å²) in [7, 11) is 0. The number of halogens is 2. The molecule has 1 aliphatic carbocycles. The van der Waals surface area contributed by atoms with Gasteiger partial charge in [0, 0.05) is 31.3 Å². The highest BCUT2D eigenvalue weighted by Gasteiger charge is 2.46. The third-order valence-corrected chi connectivity index (χ3v) is 8.58. The Kier molecular flexibility index (Phi) is 6.85. The molecule has 6 rings (SSSR count). The molecule has 3 aliphatic rings. The Hall–Kier alpha value is -4.08. The van der Waals surface area contributed by atoms with E-state index in [9.17, 15) is 18.7 Å². The van der Waals surface area contributed by atoms with E-state index in [4.69, 9.17) is 9.72 Å². The lowest BCUT2D eigenvalue weighted by Crippen LogP contribution is -2.46. The molecular formula is C30H31F2N5O3. The Bertz CT molecular complexity index is 1520. The van der Waals surface area contributed by atoms with Crippen LogP contribution in [-0.4, -0.2) is 57.9 Å². The maximum Gasteiger partial charge on any atom is 0.387 e. The number of aryl methyl sites for hydroxylation is 1. The number of alkyl halides is 2. The van der Waals surface area contributed by atoms with Gasteiger partial charge in [-0.2, -0.15) is 8.78 Å². The summed E-state index contributed by atoms with van der Waals surface area (Å²) < 4.78 is 33.1. The molecule has 1 saturated carbocycles. The van der Waals surface area contributed by atoms with Crippen molar-refractivity contribution in [1.82, 2.24) is 14.5 Å². The molecule has 10 heteroatoms. The molecule has 0 spiro atoms. The van der Waals surface area contributed by atoms with Crippen LogP contribution in [0.3, 0.4) is 0 Å². The molecule has 1 aromatic heterocycles. The van der Waals surface area contributed by atoms with Crippen LogP contribution in [0.25, 0.3) is 16.6 Å². The van der Waals surface area contributed by atoms with E-state index < -0.39 is 12.6 Å². The van der Waals surface area contributed by atoms with Crippen LogP contribution in [0.4, 0.5) is 8.78 Å². The Morgan fingerprint density at radius 2 is 1.93 bits per heavy atom. The van der Waals surface area contributed by atoms with E-state index in [1.54, 1.807) is 18.3 Å². The summed E-state index contributed by atoms with van der Waals surface area (Å²) in [4.78, 5) is 27.4. The van der Waals surface area contributed by atoms with Crippen molar-refractivity contribution >= 4 is 35.3 Å². The molecule has 1 N–H and O–H groups in total. The van der Waals surface area contributed by atoms with Crippen LogP contribution in [0.5, 0.6) is 5.75 Å². The number of rotatable bonds is 6. The van der Waals surface area contributed by atoms with Gasteiger partial charge in [0.25, 0.3) is 0 Å². The standard InChI is InChI=1S/C30H31F2N5O3/c1-17(14-34-30(33-2)36-15-19-7-8-20(16-36)27(19)28(38)39)18-9-10-22-24(13-18)37-23(11-12-26(37)35-22)21-5-3-4-6-25(21)40-29(31)32/h3-6,9-10,13-14,19-20,23,27,29H,2,7-8,11-12,15-16H2,1H3,(H,38,39)/b17-14+,34-30?/t19-,20+,23-,27?/m1/s1. The molecule has 40 heavy (non-hydrogen) atoms. The molecule has 2 aromatic carbocycles. The van der Waals surface area contributed by atoms with Crippen LogP contribution < -0.4 is 4.74 Å². The van der Waals surface area contributed by atoms with Crippen molar-refractivity contribution in [2.24, 2.45) is 27.7 Å². The van der Waals surface area contributed by atoms with Crippen molar-refractivity contribution in [3.63, 3.8) is 0 Å². The summed E-state index contributed by atoms with van der Waals surface area (Å²) in [5.41, 5.74) is 4.35. The summed E-state index contributed by atoms with van der Waals surface area (Å²) >= 11 is 0. The van der Waals surface area contributed by atoms with Gasteiger partial charge in [-0.1, -0.05) is 24.3 Å². The van der Waals surface area contributed by atoms with Crippen molar-refractivity contribution in [1.29, 1.82) is 0 Å². The summed E-state index contributed by atoms with van der Waals surface area (Å²) in [6.07, 6.45) is 5.08. The lowest BCUT2D eigenvalue weighted by atomic mass is 9.85. The van der Waals surface area contributed by atoms with Crippen LogP contribution in [0.1, 0.15) is 49.2 Å². The third-order valence-electron chi connectivity index (χ3n) is 8.58. The van der Waals surface area contributed by atoms with Crippen LogP contribution in [0.2, 0.25) is 0 Å². The lowest BCUT2D eigenvalue weighted by molar-refractivity contribution is -0.146. The third kappa shape index (κ3) is 4.65. The fourth-order valence-corrected chi connectivity index (χ4v) is 6.80. The van der Waals surface area contributed by atoms with Crippen molar-refractivity contribution in [3.8, 4) is 5.75 Å². The molecule has 2 aliphatic heterocycles. The Balaban J connectivity index is 1.28. The second-order valence-electron chi connectivity index (χ2n) is 10.8. The molecule has 0 radical (unpaired) electrons. The Labute approximate surface area is 230 Å². The highest BCUT2D eigenvalue weighted by molar-refractivity contribution is 5.87. The van der Waals surface area contributed by atoms with Gasteiger partial charge in [-0.25, -0.2) is 15.0 Å². The summed E-state index contributed by atoms with van der Waals surface area (Å²) in [5, 5.41) is 9.61. The number of likely N-dealkylation sites (tertiary alicyclic amines) is 1. The zero-order valence-electron chi connectivity index (χ0n) is 22.2. The van der Waals surface area contributed by atoms with Gasteiger partial charge in [-0.3, -0.25) is 4.79 Å². The van der Waals surface area contributed by atoms with E-state index in [0.29, 0.717) is 24.6 Å². The maximum absolute atomic E-state index is 13.1. The van der Waals surface area contributed by atoms with E-state index in [-0.39, 0.29) is 29.5 Å². The van der Waals surface area contributed by atoms with Gasteiger partial charge in [0.05, 0.1) is 23.0 Å². The molecule has 8 nitrogen and oxygen atoms in total. The number of allylic oxidation sites excluding steroid dienone is 1. The minimum Gasteiger partial charge on any atom is -0.481 e. The van der Waals surface area contributed by atoms with Gasteiger partial charge in [-0.05, 0) is 74.1 Å². The van der Waals surface area contributed by atoms with Crippen LogP contribution in [0, 0.1) is 17.8 Å². The van der Waals surface area contributed by atoms with Gasteiger partial charge in [-0.15, -0.1) is 0 Å².